The lowest BCUT2D eigenvalue weighted by Crippen LogP contribution is -2.60. The summed E-state index contributed by atoms with van der Waals surface area (Å²) in [7, 11) is 0. The number of amides is 1. The number of carbonyl (C=O) groups is 1. The van der Waals surface area contributed by atoms with E-state index in [1.165, 1.54) is 167 Å². The minimum atomic E-state index is -1.57. The highest BCUT2D eigenvalue weighted by Gasteiger charge is 2.44. The first-order valence-electron chi connectivity index (χ1n) is 33.0. The molecule has 0 aliphatic carbocycles. The first-order valence-corrected chi connectivity index (χ1v) is 33.0. The predicted octanol–water partition coefficient (Wildman–Crippen LogP) is 17.5. The van der Waals surface area contributed by atoms with Crippen LogP contribution in [0.3, 0.4) is 0 Å². The molecule has 79 heavy (non-hydrogen) atoms. The Balaban J connectivity index is 2.19. The highest BCUT2D eigenvalue weighted by molar-refractivity contribution is 5.76. The normalized spacial score (nSPS) is 19.2. The Kier molecular flexibility index (Phi) is 54.7. The van der Waals surface area contributed by atoms with Gasteiger partial charge in [-0.15, -0.1) is 0 Å². The Labute approximate surface area is 485 Å². The van der Waals surface area contributed by atoms with Gasteiger partial charge in [0.2, 0.25) is 5.91 Å². The Morgan fingerprint density at radius 1 is 0.443 bits per heavy atom. The largest absolute Gasteiger partial charge is 0.394 e. The van der Waals surface area contributed by atoms with Gasteiger partial charge in [-0.3, -0.25) is 4.79 Å². The molecule has 7 atom stereocenters. The van der Waals surface area contributed by atoms with Crippen LogP contribution in [0.2, 0.25) is 0 Å². The Bertz CT molecular complexity index is 1560. The number of unbranched alkanes of at least 4 members (excludes halogenated alkanes) is 32. The molecular formula is C70H123NO8. The van der Waals surface area contributed by atoms with Crippen LogP contribution >= 0.6 is 0 Å². The van der Waals surface area contributed by atoms with Crippen molar-refractivity contribution in [2.24, 2.45) is 0 Å². The molecule has 0 radical (unpaired) electrons. The maximum atomic E-state index is 13.1. The predicted molar refractivity (Wildman–Crippen MR) is 336 cm³/mol. The molecule has 1 fully saturated rings. The first-order chi connectivity index (χ1) is 38.8. The van der Waals surface area contributed by atoms with Gasteiger partial charge in [-0.1, -0.05) is 297 Å². The molecule has 9 nitrogen and oxygen atoms in total. The molecule has 1 amide bonds. The van der Waals surface area contributed by atoms with E-state index in [0.717, 1.165) is 96.3 Å². The molecule has 0 aromatic carbocycles. The number of carbonyl (C=O) groups excluding carboxylic acids is 1. The van der Waals surface area contributed by atoms with Crippen LogP contribution in [0.4, 0.5) is 0 Å². The van der Waals surface area contributed by atoms with E-state index < -0.39 is 49.5 Å². The molecule has 0 aromatic heterocycles. The molecule has 1 aliphatic heterocycles. The van der Waals surface area contributed by atoms with Gasteiger partial charge in [0.1, 0.15) is 24.4 Å². The smallest absolute Gasteiger partial charge is 0.220 e. The molecule has 1 heterocycles. The van der Waals surface area contributed by atoms with Gasteiger partial charge in [-0.2, -0.15) is 0 Å². The number of hydrogen-bond acceptors (Lipinski definition) is 8. The van der Waals surface area contributed by atoms with Crippen molar-refractivity contribution >= 4 is 5.91 Å². The second-order valence-corrected chi connectivity index (χ2v) is 22.5. The number of hydrogen-bond donors (Lipinski definition) is 6. The lowest BCUT2D eigenvalue weighted by atomic mass is 9.99. The molecule has 456 valence electrons. The van der Waals surface area contributed by atoms with Crippen LogP contribution in [-0.2, 0) is 14.3 Å². The van der Waals surface area contributed by atoms with Crippen LogP contribution in [-0.4, -0.2) is 87.5 Å². The molecule has 0 bridgehead atoms. The molecule has 0 aromatic rings. The van der Waals surface area contributed by atoms with E-state index in [-0.39, 0.29) is 12.5 Å². The summed E-state index contributed by atoms with van der Waals surface area (Å²) in [5.74, 6) is -0.184. The van der Waals surface area contributed by atoms with Gasteiger partial charge in [0.25, 0.3) is 0 Å². The zero-order valence-electron chi connectivity index (χ0n) is 50.9. The van der Waals surface area contributed by atoms with Crippen LogP contribution in [0, 0.1) is 0 Å². The third kappa shape index (κ3) is 47.3. The molecule has 9 heteroatoms. The number of aliphatic hydroxyl groups excluding tert-OH is 5. The lowest BCUT2D eigenvalue weighted by molar-refractivity contribution is -0.302. The zero-order valence-corrected chi connectivity index (χ0v) is 50.9. The molecule has 7 unspecified atom stereocenters. The van der Waals surface area contributed by atoms with Gasteiger partial charge in [-0.05, 0) is 77.0 Å². The minimum Gasteiger partial charge on any atom is -0.394 e. The quantitative estimate of drug-likeness (QED) is 0.0261. The summed E-state index contributed by atoms with van der Waals surface area (Å²) >= 11 is 0. The molecule has 1 rings (SSSR count). The minimum absolute atomic E-state index is 0.184. The standard InChI is InChI=1S/C70H123NO8/c1-3-5-7-9-11-13-15-17-19-21-23-25-27-29-30-31-32-33-34-36-38-40-42-44-46-48-50-52-54-56-58-60-66(74)71-63(62-78-70-69(77)68(76)67(75)65(61-72)79-70)64(73)59-57-55-53-51-49-47-45-43-41-39-37-35-28-26-24-22-20-18-16-14-12-10-8-6-4-2/h5,7,11,13,17,19,23,25,29-30,32-33,36,38,57,59,63-65,67-70,72-73,75-77H,3-4,6,8-10,12,14-16,18,20-22,24,26-28,31,34-35,37,39-56,58,60-62H2,1-2H3,(H,71,74)/b7-5-,13-11-,19-17-,25-23-,30-29-,33-32-,38-36-,59-57+. The van der Waals surface area contributed by atoms with Gasteiger partial charge >= 0.3 is 0 Å². The summed E-state index contributed by atoms with van der Waals surface area (Å²) < 4.78 is 11.3. The zero-order chi connectivity index (χ0) is 57.2. The van der Waals surface area contributed by atoms with Crippen molar-refractivity contribution in [3.05, 3.63) is 97.2 Å². The van der Waals surface area contributed by atoms with Crippen LogP contribution in [0.25, 0.3) is 0 Å². The summed E-state index contributed by atoms with van der Waals surface area (Å²) in [5, 5.41) is 54.7. The second kappa shape index (κ2) is 58.3. The highest BCUT2D eigenvalue weighted by atomic mass is 16.7. The van der Waals surface area contributed by atoms with Crippen molar-refractivity contribution in [2.45, 2.75) is 326 Å². The van der Waals surface area contributed by atoms with Crippen molar-refractivity contribution < 1.29 is 39.8 Å². The van der Waals surface area contributed by atoms with E-state index in [0.29, 0.717) is 6.42 Å². The van der Waals surface area contributed by atoms with Crippen molar-refractivity contribution in [1.82, 2.24) is 5.32 Å². The van der Waals surface area contributed by atoms with Crippen LogP contribution in [0.5, 0.6) is 0 Å². The van der Waals surface area contributed by atoms with Gasteiger partial charge in [0.15, 0.2) is 6.29 Å². The number of aliphatic hydroxyl groups is 5. The monoisotopic (exact) mass is 1110 g/mol. The highest BCUT2D eigenvalue weighted by Crippen LogP contribution is 2.23. The van der Waals surface area contributed by atoms with Crippen LogP contribution < -0.4 is 5.32 Å². The van der Waals surface area contributed by atoms with E-state index in [4.69, 9.17) is 9.47 Å². The Morgan fingerprint density at radius 2 is 0.785 bits per heavy atom. The van der Waals surface area contributed by atoms with Gasteiger partial charge in [0, 0.05) is 6.42 Å². The summed E-state index contributed by atoms with van der Waals surface area (Å²) in [6.45, 7) is 3.69. The maximum absolute atomic E-state index is 13.1. The van der Waals surface area contributed by atoms with Gasteiger partial charge < -0.3 is 40.3 Å². The summed E-state index contributed by atoms with van der Waals surface area (Å²) in [6, 6.07) is -0.816. The van der Waals surface area contributed by atoms with Crippen LogP contribution in [0.15, 0.2) is 97.2 Å². The fourth-order valence-corrected chi connectivity index (χ4v) is 10.0. The SMILES string of the molecule is CC/C=C\C/C=C\C/C=C\C/C=C\C/C=C\C/C=C\C/C=C\CCCCCCCCCCCC(=O)NC(COC1OC(CO)C(O)C(O)C1O)C(O)/C=C/CCCCCCCCCCCCCCCCCCCCCCCCC. The fourth-order valence-electron chi connectivity index (χ4n) is 10.0. The van der Waals surface area contributed by atoms with Crippen molar-refractivity contribution in [3.8, 4) is 0 Å². The Morgan fingerprint density at radius 3 is 1.16 bits per heavy atom. The first kappa shape index (κ1) is 74.1. The molecule has 1 saturated heterocycles. The Hall–Kier alpha value is -2.89. The van der Waals surface area contributed by atoms with E-state index in [2.05, 4.69) is 104 Å². The van der Waals surface area contributed by atoms with Crippen LogP contribution in [0.1, 0.15) is 284 Å². The summed E-state index contributed by atoms with van der Waals surface area (Å²) in [6.07, 6.45) is 77.7. The topological polar surface area (TPSA) is 149 Å². The van der Waals surface area contributed by atoms with Gasteiger partial charge in [-0.25, -0.2) is 0 Å². The average molecular weight is 1110 g/mol. The molecule has 6 N–H and O–H groups in total. The lowest BCUT2D eigenvalue weighted by Gasteiger charge is -2.40. The third-order valence-corrected chi connectivity index (χ3v) is 15.2. The summed E-state index contributed by atoms with van der Waals surface area (Å²) in [5.41, 5.74) is 0. The van der Waals surface area contributed by atoms with Crippen molar-refractivity contribution in [1.29, 1.82) is 0 Å². The summed E-state index contributed by atoms with van der Waals surface area (Å²) in [4.78, 5) is 13.1. The average Bonchev–Trinajstić information content (AvgIpc) is 3.47. The number of nitrogens with one attached hydrogen (secondary N) is 1. The number of ether oxygens (including phenoxy) is 2. The maximum Gasteiger partial charge on any atom is 0.220 e. The number of allylic oxidation sites excluding steroid dienone is 15. The molecule has 0 spiro atoms. The molecular weight excluding hydrogens is 983 g/mol. The van der Waals surface area contributed by atoms with Crippen molar-refractivity contribution in [3.63, 3.8) is 0 Å². The third-order valence-electron chi connectivity index (χ3n) is 15.2. The van der Waals surface area contributed by atoms with E-state index in [1.54, 1.807) is 6.08 Å². The van der Waals surface area contributed by atoms with E-state index in [9.17, 15) is 30.3 Å². The van der Waals surface area contributed by atoms with Gasteiger partial charge in [0.05, 0.1) is 25.4 Å². The van der Waals surface area contributed by atoms with E-state index >= 15 is 0 Å². The number of rotatable bonds is 56. The van der Waals surface area contributed by atoms with Crippen molar-refractivity contribution in [2.75, 3.05) is 13.2 Å². The van der Waals surface area contributed by atoms with E-state index in [1.807, 2.05) is 6.08 Å². The molecule has 0 saturated carbocycles. The molecule has 1 aliphatic rings. The second-order valence-electron chi connectivity index (χ2n) is 22.5. The fraction of sp³-hybridized carbons (Fsp3) is 0.757.